The van der Waals surface area contributed by atoms with E-state index in [4.69, 9.17) is 11.6 Å². The van der Waals surface area contributed by atoms with Crippen molar-refractivity contribution in [1.82, 2.24) is 10.2 Å². The quantitative estimate of drug-likeness (QED) is 0.872. The van der Waals surface area contributed by atoms with Gasteiger partial charge >= 0.3 is 0 Å². The summed E-state index contributed by atoms with van der Waals surface area (Å²) in [6.45, 7) is 0.759. The number of rotatable bonds is 5. The lowest BCUT2D eigenvalue weighted by Crippen LogP contribution is -2.32. The van der Waals surface area contributed by atoms with Crippen molar-refractivity contribution in [3.8, 4) is 0 Å². The second-order valence-corrected chi connectivity index (χ2v) is 5.26. The van der Waals surface area contributed by atoms with Crippen molar-refractivity contribution in [1.29, 1.82) is 0 Å². The molecule has 1 aromatic carbocycles. The number of hydrogen-bond donors (Lipinski definition) is 1. The molecular formula is C13H18ClFN2. The van der Waals surface area contributed by atoms with Gasteiger partial charge in [0.1, 0.15) is 5.82 Å². The van der Waals surface area contributed by atoms with Crippen LogP contribution in [0.25, 0.3) is 0 Å². The van der Waals surface area contributed by atoms with Crippen LogP contribution in [0.1, 0.15) is 24.4 Å². The zero-order chi connectivity index (χ0) is 12.4. The van der Waals surface area contributed by atoms with Crippen LogP contribution in [-0.2, 0) is 0 Å². The molecule has 1 aliphatic rings. The third-order valence-corrected chi connectivity index (χ3v) is 3.35. The molecule has 1 aromatic rings. The zero-order valence-corrected chi connectivity index (χ0v) is 11.0. The largest absolute Gasteiger partial charge is 0.312 e. The molecule has 0 radical (unpaired) electrons. The number of hydrogen-bond acceptors (Lipinski definition) is 2. The Morgan fingerprint density at radius 2 is 2.18 bits per heavy atom. The molecule has 1 fully saturated rings. The van der Waals surface area contributed by atoms with Crippen LogP contribution in [0.5, 0.6) is 0 Å². The number of nitrogens with one attached hydrogen (secondary N) is 1. The molecular weight excluding hydrogens is 239 g/mol. The van der Waals surface area contributed by atoms with E-state index >= 15 is 0 Å². The molecule has 0 aliphatic heterocycles. The van der Waals surface area contributed by atoms with Crippen LogP contribution in [0.2, 0.25) is 5.02 Å². The Labute approximate surface area is 107 Å². The fourth-order valence-electron chi connectivity index (χ4n) is 1.91. The van der Waals surface area contributed by atoms with E-state index in [1.807, 2.05) is 19.0 Å². The van der Waals surface area contributed by atoms with Gasteiger partial charge in [0.15, 0.2) is 0 Å². The normalized spacial score (nSPS) is 17.5. The van der Waals surface area contributed by atoms with E-state index < -0.39 is 0 Å². The van der Waals surface area contributed by atoms with Gasteiger partial charge in [-0.25, -0.2) is 4.39 Å². The van der Waals surface area contributed by atoms with E-state index in [2.05, 4.69) is 5.32 Å². The zero-order valence-electron chi connectivity index (χ0n) is 10.2. The number of benzene rings is 1. The highest BCUT2D eigenvalue weighted by Crippen LogP contribution is 2.26. The molecule has 1 unspecified atom stereocenters. The summed E-state index contributed by atoms with van der Waals surface area (Å²) in [5, 5.41) is 4.01. The molecule has 0 heterocycles. The Morgan fingerprint density at radius 3 is 2.76 bits per heavy atom. The second-order valence-electron chi connectivity index (χ2n) is 4.83. The molecule has 0 spiro atoms. The van der Waals surface area contributed by atoms with Crippen LogP contribution in [-0.4, -0.2) is 31.6 Å². The highest BCUT2D eigenvalue weighted by molar-refractivity contribution is 6.30. The maximum absolute atomic E-state index is 13.8. The molecule has 2 rings (SSSR count). The molecule has 4 heteroatoms. The lowest BCUT2D eigenvalue weighted by atomic mass is 10.1. The van der Waals surface area contributed by atoms with Gasteiger partial charge < -0.3 is 10.2 Å². The van der Waals surface area contributed by atoms with Gasteiger partial charge in [0, 0.05) is 29.2 Å². The summed E-state index contributed by atoms with van der Waals surface area (Å²) in [5.74, 6) is -0.189. The predicted molar refractivity (Wildman–Crippen MR) is 68.9 cm³/mol. The van der Waals surface area contributed by atoms with Crippen LogP contribution >= 0.6 is 11.6 Å². The Bertz CT molecular complexity index is 391. The summed E-state index contributed by atoms with van der Waals surface area (Å²) < 4.78 is 13.8. The molecule has 0 saturated heterocycles. The van der Waals surface area contributed by atoms with Crippen molar-refractivity contribution in [2.75, 3.05) is 20.6 Å². The van der Waals surface area contributed by atoms with Crippen LogP contribution in [0.3, 0.4) is 0 Å². The molecule has 94 valence electrons. The third kappa shape index (κ3) is 3.41. The first kappa shape index (κ1) is 12.8. The van der Waals surface area contributed by atoms with Gasteiger partial charge in [0.05, 0.1) is 0 Å². The van der Waals surface area contributed by atoms with E-state index in [-0.39, 0.29) is 11.9 Å². The minimum Gasteiger partial charge on any atom is -0.312 e. The fraction of sp³-hybridized carbons (Fsp3) is 0.538. The van der Waals surface area contributed by atoms with E-state index in [1.165, 1.54) is 18.9 Å². The summed E-state index contributed by atoms with van der Waals surface area (Å²) >= 11 is 5.94. The summed E-state index contributed by atoms with van der Waals surface area (Å²) in [6.07, 6.45) is 2.47. The maximum atomic E-state index is 13.8. The van der Waals surface area contributed by atoms with Crippen LogP contribution in [0.4, 0.5) is 4.39 Å². The average Bonchev–Trinajstić information content (AvgIpc) is 3.06. The summed E-state index contributed by atoms with van der Waals surface area (Å²) in [7, 11) is 3.92. The molecule has 0 amide bonds. The van der Waals surface area contributed by atoms with Gasteiger partial charge in [-0.2, -0.15) is 0 Å². The highest BCUT2D eigenvalue weighted by atomic mass is 35.5. The fourth-order valence-corrected chi connectivity index (χ4v) is 2.09. The molecule has 2 nitrogen and oxygen atoms in total. The SMILES string of the molecule is CN(C)C(CNC1CC1)c1cc(Cl)ccc1F. The molecule has 0 aromatic heterocycles. The van der Waals surface area contributed by atoms with E-state index in [0.717, 1.165) is 6.54 Å². The number of nitrogens with zero attached hydrogens (tertiary/aromatic N) is 1. The third-order valence-electron chi connectivity index (χ3n) is 3.12. The standard InChI is InChI=1S/C13H18ClFN2/c1-17(2)13(8-16-10-4-5-10)11-7-9(14)3-6-12(11)15/h3,6-7,10,13,16H,4-5,8H2,1-2H3. The van der Waals surface area contributed by atoms with Gasteiger partial charge in [-0.05, 0) is 45.1 Å². The lowest BCUT2D eigenvalue weighted by molar-refractivity contribution is 0.281. The van der Waals surface area contributed by atoms with Gasteiger partial charge in [-0.1, -0.05) is 11.6 Å². The van der Waals surface area contributed by atoms with Gasteiger partial charge in [-0.15, -0.1) is 0 Å². The topological polar surface area (TPSA) is 15.3 Å². The van der Waals surface area contributed by atoms with Crippen molar-refractivity contribution < 1.29 is 4.39 Å². The van der Waals surface area contributed by atoms with Crippen molar-refractivity contribution >= 4 is 11.6 Å². The van der Waals surface area contributed by atoms with Gasteiger partial charge in [-0.3, -0.25) is 0 Å². The summed E-state index contributed by atoms with van der Waals surface area (Å²) in [4.78, 5) is 2.02. The highest BCUT2D eigenvalue weighted by Gasteiger charge is 2.24. The van der Waals surface area contributed by atoms with Gasteiger partial charge in [0.25, 0.3) is 0 Å². The number of likely N-dealkylation sites (N-methyl/N-ethyl adjacent to an activating group) is 1. The molecule has 1 aliphatic carbocycles. The van der Waals surface area contributed by atoms with Crippen molar-refractivity contribution in [3.05, 3.63) is 34.6 Å². The van der Waals surface area contributed by atoms with Crippen LogP contribution < -0.4 is 5.32 Å². The maximum Gasteiger partial charge on any atom is 0.128 e. The van der Waals surface area contributed by atoms with Crippen LogP contribution in [0.15, 0.2) is 18.2 Å². The molecule has 1 N–H and O–H groups in total. The monoisotopic (exact) mass is 256 g/mol. The van der Waals surface area contributed by atoms with E-state index in [0.29, 0.717) is 16.6 Å². The molecule has 1 saturated carbocycles. The van der Waals surface area contributed by atoms with E-state index in [1.54, 1.807) is 12.1 Å². The first-order chi connectivity index (χ1) is 8.08. The first-order valence-corrected chi connectivity index (χ1v) is 6.30. The molecule has 1 atom stereocenters. The van der Waals surface area contributed by atoms with Crippen molar-refractivity contribution in [2.24, 2.45) is 0 Å². The second kappa shape index (κ2) is 5.34. The Hall–Kier alpha value is -0.640. The van der Waals surface area contributed by atoms with E-state index in [9.17, 15) is 4.39 Å². The van der Waals surface area contributed by atoms with Crippen molar-refractivity contribution in [2.45, 2.75) is 24.9 Å². The Morgan fingerprint density at radius 1 is 1.47 bits per heavy atom. The van der Waals surface area contributed by atoms with Crippen molar-refractivity contribution in [3.63, 3.8) is 0 Å². The van der Waals surface area contributed by atoms with Gasteiger partial charge in [0.2, 0.25) is 0 Å². The molecule has 0 bridgehead atoms. The average molecular weight is 257 g/mol. The summed E-state index contributed by atoms with van der Waals surface area (Å²) in [5.41, 5.74) is 0.663. The number of halogens is 2. The first-order valence-electron chi connectivity index (χ1n) is 5.92. The van der Waals surface area contributed by atoms with Crippen LogP contribution in [0, 0.1) is 5.82 Å². The smallest absolute Gasteiger partial charge is 0.128 e. The predicted octanol–water partition coefficient (Wildman–Crippen LogP) is 2.83. The summed E-state index contributed by atoms with van der Waals surface area (Å²) in [6, 6.07) is 5.39. The Kier molecular flexibility index (Phi) is 4.02. The minimum absolute atomic E-state index is 0.0225. The Balaban J connectivity index is 2.14. The molecule has 17 heavy (non-hydrogen) atoms. The minimum atomic E-state index is -0.189. The lowest BCUT2D eigenvalue weighted by Gasteiger charge is -2.25.